The maximum absolute atomic E-state index is 12.7. The van der Waals surface area contributed by atoms with E-state index in [1.807, 2.05) is 0 Å². The van der Waals surface area contributed by atoms with Gasteiger partial charge in [-0.1, -0.05) is 26.8 Å². The second kappa shape index (κ2) is 6.85. The Morgan fingerprint density at radius 2 is 1.92 bits per heavy atom. The minimum atomic E-state index is -3.84. The van der Waals surface area contributed by atoms with Gasteiger partial charge in [-0.2, -0.15) is 0 Å². The molecule has 0 saturated carbocycles. The molecule has 5 nitrogen and oxygen atoms in total. The molecular formula is C16H18BrNO4S2. The Morgan fingerprint density at radius 3 is 2.46 bits per heavy atom. The molecule has 8 heteroatoms. The molecule has 0 unspecified atom stereocenters. The number of anilines is 1. The zero-order valence-corrected chi connectivity index (χ0v) is 16.9. The number of hydrogen-bond acceptors (Lipinski definition) is 5. The largest absolute Gasteiger partial charge is 0.465 e. The fourth-order valence-corrected chi connectivity index (χ4v) is 5.01. The predicted octanol–water partition coefficient (Wildman–Crippen LogP) is 4.40. The molecule has 0 amide bonds. The molecule has 0 aliphatic carbocycles. The van der Waals surface area contributed by atoms with Gasteiger partial charge in [0.05, 0.1) is 12.8 Å². The summed E-state index contributed by atoms with van der Waals surface area (Å²) in [4.78, 5) is 12.0. The highest BCUT2D eigenvalue weighted by Crippen LogP contribution is 2.32. The number of methoxy groups -OCH3 is 1. The minimum Gasteiger partial charge on any atom is -0.465 e. The number of hydrogen-bond donors (Lipinski definition) is 1. The Labute approximate surface area is 154 Å². The monoisotopic (exact) mass is 431 g/mol. The van der Waals surface area contributed by atoms with Crippen molar-refractivity contribution >= 4 is 48.9 Å². The second-order valence-corrected chi connectivity index (χ2v) is 9.58. The zero-order valence-electron chi connectivity index (χ0n) is 13.7. The summed E-state index contributed by atoms with van der Waals surface area (Å²) in [6, 6.07) is 6.67. The van der Waals surface area contributed by atoms with Gasteiger partial charge in [-0.3, -0.25) is 4.72 Å². The van der Waals surface area contributed by atoms with Crippen LogP contribution >= 0.6 is 27.3 Å². The third kappa shape index (κ3) is 3.99. The van der Waals surface area contributed by atoms with Gasteiger partial charge in [-0.25, -0.2) is 13.2 Å². The summed E-state index contributed by atoms with van der Waals surface area (Å²) in [7, 11) is -2.59. The van der Waals surface area contributed by atoms with Gasteiger partial charge in [0.15, 0.2) is 0 Å². The smallest absolute Gasteiger partial charge is 0.350 e. The molecule has 0 bridgehead atoms. The average Bonchev–Trinajstić information content (AvgIpc) is 2.92. The first kappa shape index (κ1) is 19.0. The molecule has 130 valence electrons. The van der Waals surface area contributed by atoms with Crippen LogP contribution in [0.2, 0.25) is 0 Å². The lowest BCUT2D eigenvalue weighted by molar-refractivity contribution is 0.0607. The van der Waals surface area contributed by atoms with Crippen LogP contribution in [0.1, 0.15) is 36.0 Å². The van der Waals surface area contributed by atoms with E-state index in [4.69, 9.17) is 0 Å². The molecule has 0 aliphatic heterocycles. The Bertz CT molecular complexity index is 866. The quantitative estimate of drug-likeness (QED) is 0.728. The van der Waals surface area contributed by atoms with E-state index in [2.05, 4.69) is 46.2 Å². The zero-order chi connectivity index (χ0) is 18.1. The van der Waals surface area contributed by atoms with Crippen molar-refractivity contribution in [2.45, 2.75) is 31.1 Å². The van der Waals surface area contributed by atoms with Gasteiger partial charge >= 0.3 is 5.97 Å². The first-order valence-corrected chi connectivity index (χ1v) is 10.2. The highest BCUT2D eigenvalue weighted by Gasteiger charge is 2.24. The number of nitrogens with one attached hydrogen (secondary N) is 1. The molecule has 1 N–H and O–H groups in total. The van der Waals surface area contributed by atoms with Crippen molar-refractivity contribution in [2.24, 2.45) is 0 Å². The first-order chi connectivity index (χ1) is 11.1. The Kier molecular flexibility index (Phi) is 5.41. The molecular weight excluding hydrogens is 414 g/mol. The van der Waals surface area contributed by atoms with Crippen LogP contribution < -0.4 is 4.72 Å². The number of esters is 1. The molecule has 1 heterocycles. The van der Waals surface area contributed by atoms with Crippen molar-refractivity contribution in [3.05, 3.63) is 44.6 Å². The van der Waals surface area contributed by atoms with Gasteiger partial charge in [0, 0.05) is 4.47 Å². The molecule has 0 fully saturated rings. The van der Waals surface area contributed by atoms with E-state index in [1.54, 1.807) is 23.6 Å². The number of carbonyl (C=O) groups is 1. The average molecular weight is 432 g/mol. The molecule has 2 rings (SSSR count). The van der Waals surface area contributed by atoms with Gasteiger partial charge in [-0.15, -0.1) is 11.3 Å². The number of ether oxygens (including phenoxy) is 1. The summed E-state index contributed by atoms with van der Waals surface area (Å²) in [6.45, 7) is 6.15. The van der Waals surface area contributed by atoms with Crippen LogP contribution in [0.3, 0.4) is 0 Å². The van der Waals surface area contributed by atoms with Crippen LogP contribution in [-0.4, -0.2) is 21.5 Å². The van der Waals surface area contributed by atoms with Gasteiger partial charge in [0.25, 0.3) is 10.0 Å². The molecule has 1 aromatic heterocycles. The van der Waals surface area contributed by atoms with Gasteiger partial charge in [0.1, 0.15) is 9.77 Å². The van der Waals surface area contributed by atoms with E-state index in [0.29, 0.717) is 4.47 Å². The van der Waals surface area contributed by atoms with Crippen LogP contribution in [0.25, 0.3) is 0 Å². The number of carbonyl (C=O) groups excluding carboxylic acids is 1. The third-order valence-electron chi connectivity index (χ3n) is 3.37. The van der Waals surface area contributed by atoms with Crippen molar-refractivity contribution in [1.29, 1.82) is 0 Å². The summed E-state index contributed by atoms with van der Waals surface area (Å²) in [5.74, 6) is -0.579. The normalized spacial score (nSPS) is 12.0. The van der Waals surface area contributed by atoms with E-state index < -0.39 is 16.0 Å². The van der Waals surface area contributed by atoms with E-state index in [-0.39, 0.29) is 20.9 Å². The Morgan fingerprint density at radius 1 is 1.25 bits per heavy atom. The predicted molar refractivity (Wildman–Crippen MR) is 99.3 cm³/mol. The van der Waals surface area contributed by atoms with Crippen molar-refractivity contribution in [3.63, 3.8) is 0 Å². The van der Waals surface area contributed by atoms with Crippen molar-refractivity contribution < 1.29 is 17.9 Å². The molecule has 1 aromatic carbocycles. The summed E-state index contributed by atoms with van der Waals surface area (Å²) < 4.78 is 32.9. The lowest BCUT2D eigenvalue weighted by Crippen LogP contribution is -2.16. The first-order valence-electron chi connectivity index (χ1n) is 7.05. The fraction of sp³-hybridized carbons (Fsp3) is 0.312. The van der Waals surface area contributed by atoms with Crippen LogP contribution in [0.15, 0.2) is 39.0 Å². The number of thiophene rings is 1. The second-order valence-electron chi connectivity index (χ2n) is 6.16. The van der Waals surface area contributed by atoms with Gasteiger partial charge in [0.2, 0.25) is 0 Å². The Hall–Kier alpha value is -1.38. The van der Waals surface area contributed by atoms with Crippen LogP contribution in [-0.2, 0) is 20.2 Å². The maximum atomic E-state index is 12.7. The standard InChI is InChI=1S/C16H18BrNO4S2/c1-16(2,3)10-5-6-13(11(17)9-10)24(20,21)18-12-7-8-23-14(12)15(19)22-4/h5-9,18H,1-4H3. The number of sulfonamides is 1. The fourth-order valence-electron chi connectivity index (χ4n) is 2.03. The van der Waals surface area contributed by atoms with Crippen molar-refractivity contribution in [2.75, 3.05) is 11.8 Å². The molecule has 0 aliphatic rings. The third-order valence-corrected chi connectivity index (χ3v) is 6.60. The summed E-state index contributed by atoms with van der Waals surface area (Å²) in [5.41, 5.74) is 1.13. The van der Waals surface area contributed by atoms with Crippen LogP contribution in [0, 0.1) is 0 Å². The van der Waals surface area contributed by atoms with Crippen LogP contribution in [0.5, 0.6) is 0 Å². The highest BCUT2D eigenvalue weighted by molar-refractivity contribution is 9.10. The number of rotatable bonds is 4. The molecule has 24 heavy (non-hydrogen) atoms. The molecule has 2 aromatic rings. The minimum absolute atomic E-state index is 0.0936. The summed E-state index contributed by atoms with van der Waals surface area (Å²) >= 11 is 4.45. The van der Waals surface area contributed by atoms with E-state index >= 15 is 0 Å². The lowest BCUT2D eigenvalue weighted by Gasteiger charge is -2.20. The van der Waals surface area contributed by atoms with Gasteiger partial charge in [-0.05, 0) is 50.5 Å². The Balaban J connectivity index is 2.39. The van der Waals surface area contributed by atoms with Crippen molar-refractivity contribution in [3.8, 4) is 0 Å². The van der Waals surface area contributed by atoms with E-state index in [9.17, 15) is 13.2 Å². The molecule has 0 spiro atoms. The highest BCUT2D eigenvalue weighted by atomic mass is 79.9. The lowest BCUT2D eigenvalue weighted by atomic mass is 9.87. The van der Waals surface area contributed by atoms with E-state index in [1.165, 1.54) is 13.2 Å². The van der Waals surface area contributed by atoms with E-state index in [0.717, 1.165) is 16.9 Å². The summed E-state index contributed by atoms with van der Waals surface area (Å²) in [5, 5.41) is 1.63. The molecule has 0 atom stereocenters. The van der Waals surface area contributed by atoms with Crippen LogP contribution in [0.4, 0.5) is 5.69 Å². The SMILES string of the molecule is COC(=O)c1sccc1NS(=O)(=O)c1ccc(C(C)(C)C)cc1Br. The summed E-state index contributed by atoms with van der Waals surface area (Å²) in [6.07, 6.45) is 0. The van der Waals surface area contributed by atoms with Gasteiger partial charge < -0.3 is 4.74 Å². The topological polar surface area (TPSA) is 72.5 Å². The maximum Gasteiger partial charge on any atom is 0.350 e. The number of halogens is 1. The molecule has 0 saturated heterocycles. The number of benzene rings is 1. The van der Waals surface area contributed by atoms with Crippen molar-refractivity contribution in [1.82, 2.24) is 0 Å². The molecule has 0 radical (unpaired) electrons.